The van der Waals surface area contributed by atoms with Crippen molar-refractivity contribution in [2.24, 2.45) is 0 Å². The molecule has 0 aliphatic carbocycles. The fourth-order valence-corrected chi connectivity index (χ4v) is 8.58. The lowest BCUT2D eigenvalue weighted by Gasteiger charge is -2.18. The lowest BCUT2D eigenvalue weighted by molar-refractivity contribution is 0.673. The lowest BCUT2D eigenvalue weighted by atomic mass is 9.85. The molecule has 0 N–H and O–H groups in total. The van der Waals surface area contributed by atoms with Crippen LogP contribution in [0.3, 0.4) is 0 Å². The minimum Gasteiger partial charge on any atom is -0.455 e. The van der Waals surface area contributed by atoms with E-state index in [2.05, 4.69) is 182 Å². The normalized spacial score (nSPS) is 11.9. The van der Waals surface area contributed by atoms with Gasteiger partial charge in [0.2, 0.25) is 0 Å². The molecule has 11 aromatic rings. The molecule has 51 heavy (non-hydrogen) atoms. The molecule has 0 amide bonds. The van der Waals surface area contributed by atoms with Gasteiger partial charge in [0, 0.05) is 16.2 Å². The molecule has 10 aromatic carbocycles. The maximum Gasteiger partial charge on any atom is 0.143 e. The van der Waals surface area contributed by atoms with Crippen LogP contribution in [0.2, 0.25) is 0 Å². The molecule has 0 saturated carbocycles. The molecule has 0 aliphatic heterocycles. The third kappa shape index (κ3) is 4.16. The third-order valence-electron chi connectivity index (χ3n) is 10.8. The first-order chi connectivity index (χ1) is 25.3. The van der Waals surface area contributed by atoms with Crippen LogP contribution < -0.4 is 0 Å². The van der Waals surface area contributed by atoms with Crippen LogP contribution in [-0.2, 0) is 0 Å². The second-order valence-corrected chi connectivity index (χ2v) is 13.6. The smallest absolute Gasteiger partial charge is 0.143 e. The summed E-state index contributed by atoms with van der Waals surface area (Å²) in [5.41, 5.74) is 9.28. The number of furan rings is 1. The Morgan fingerprint density at radius 3 is 1.45 bits per heavy atom. The summed E-state index contributed by atoms with van der Waals surface area (Å²) >= 11 is 0. The van der Waals surface area contributed by atoms with Gasteiger partial charge in [0.15, 0.2) is 0 Å². The van der Waals surface area contributed by atoms with E-state index in [1.807, 2.05) is 0 Å². The highest BCUT2D eigenvalue weighted by Gasteiger charge is 2.19. The van der Waals surface area contributed by atoms with Crippen molar-refractivity contribution >= 4 is 75.8 Å². The highest BCUT2D eigenvalue weighted by atomic mass is 16.3. The predicted octanol–water partition coefficient (Wildman–Crippen LogP) is 14.4. The molecule has 0 saturated heterocycles. The molecular weight excluding hydrogens is 617 g/mol. The number of hydrogen-bond donors (Lipinski definition) is 0. The zero-order valence-electron chi connectivity index (χ0n) is 27.7. The van der Waals surface area contributed by atoms with Crippen molar-refractivity contribution in [3.8, 4) is 33.4 Å². The average Bonchev–Trinajstić information content (AvgIpc) is 3.61. The van der Waals surface area contributed by atoms with Gasteiger partial charge in [0.25, 0.3) is 0 Å². The number of benzene rings is 10. The van der Waals surface area contributed by atoms with Gasteiger partial charge in [0.1, 0.15) is 11.2 Å². The van der Waals surface area contributed by atoms with Crippen molar-refractivity contribution in [1.29, 1.82) is 0 Å². The summed E-state index contributed by atoms with van der Waals surface area (Å²) in [4.78, 5) is 0. The molecule has 1 nitrogen and oxygen atoms in total. The molecule has 0 radical (unpaired) electrons. The second kappa shape index (κ2) is 10.9. The van der Waals surface area contributed by atoms with Gasteiger partial charge in [-0.2, -0.15) is 0 Å². The van der Waals surface area contributed by atoms with Crippen LogP contribution >= 0.6 is 0 Å². The molecule has 236 valence electrons. The average molecular weight is 647 g/mol. The van der Waals surface area contributed by atoms with Crippen molar-refractivity contribution in [3.63, 3.8) is 0 Å². The lowest BCUT2D eigenvalue weighted by Crippen LogP contribution is -1.90. The summed E-state index contributed by atoms with van der Waals surface area (Å²) in [6.45, 7) is 0. The van der Waals surface area contributed by atoms with Gasteiger partial charge in [-0.05, 0) is 100 Å². The van der Waals surface area contributed by atoms with Crippen LogP contribution in [-0.4, -0.2) is 0 Å². The molecule has 0 spiro atoms. The van der Waals surface area contributed by atoms with E-state index in [0.717, 1.165) is 16.6 Å². The van der Waals surface area contributed by atoms with Gasteiger partial charge in [-0.25, -0.2) is 0 Å². The summed E-state index contributed by atoms with van der Waals surface area (Å²) in [6, 6.07) is 66.1. The van der Waals surface area contributed by atoms with E-state index in [1.54, 1.807) is 0 Å². The quantitative estimate of drug-likeness (QED) is 0.138. The molecule has 0 atom stereocenters. The fraction of sp³-hybridized carbons (Fsp3) is 0. The van der Waals surface area contributed by atoms with E-state index in [-0.39, 0.29) is 0 Å². The Bertz CT molecular complexity index is 3110. The molecule has 1 heteroatoms. The molecule has 0 aliphatic rings. The van der Waals surface area contributed by atoms with Crippen molar-refractivity contribution in [2.45, 2.75) is 0 Å². The topological polar surface area (TPSA) is 13.1 Å². The van der Waals surface area contributed by atoms with Crippen molar-refractivity contribution < 1.29 is 4.42 Å². The van der Waals surface area contributed by atoms with Crippen molar-refractivity contribution in [1.82, 2.24) is 0 Å². The van der Waals surface area contributed by atoms with E-state index in [1.165, 1.54) is 92.6 Å². The highest BCUT2D eigenvalue weighted by molar-refractivity contribution is 6.34. The Morgan fingerprint density at radius 1 is 0.275 bits per heavy atom. The molecule has 0 unspecified atom stereocenters. The van der Waals surface area contributed by atoms with Crippen LogP contribution in [0.15, 0.2) is 186 Å². The largest absolute Gasteiger partial charge is 0.455 e. The Morgan fingerprint density at radius 2 is 0.784 bits per heavy atom. The number of fused-ring (bicyclic) bond motifs is 12. The highest BCUT2D eigenvalue weighted by Crippen LogP contribution is 2.46. The van der Waals surface area contributed by atoms with Gasteiger partial charge in [-0.3, -0.25) is 0 Å². The summed E-state index contributed by atoms with van der Waals surface area (Å²) in [6.07, 6.45) is 0. The Labute approximate surface area is 294 Å². The van der Waals surface area contributed by atoms with Gasteiger partial charge in [-0.15, -0.1) is 0 Å². The van der Waals surface area contributed by atoms with Crippen LogP contribution in [0.5, 0.6) is 0 Å². The molecule has 0 bridgehead atoms. The number of hydrogen-bond acceptors (Lipinski definition) is 1. The summed E-state index contributed by atoms with van der Waals surface area (Å²) in [7, 11) is 0. The first-order valence-electron chi connectivity index (χ1n) is 17.6. The maximum absolute atomic E-state index is 6.70. The Balaban J connectivity index is 1.10. The van der Waals surface area contributed by atoms with E-state index < -0.39 is 0 Å². The molecule has 11 rings (SSSR count). The fourth-order valence-electron chi connectivity index (χ4n) is 8.58. The Kier molecular flexibility index (Phi) is 6.02. The van der Waals surface area contributed by atoms with Gasteiger partial charge >= 0.3 is 0 Å². The zero-order valence-corrected chi connectivity index (χ0v) is 27.7. The first kappa shape index (κ1) is 28.2. The van der Waals surface area contributed by atoms with Crippen LogP contribution in [0.4, 0.5) is 0 Å². The SMILES string of the molecule is c1ccc(-c2c3ccccc3c(-c3ccc(-c4ccc5c(c4)c4ccccc4c4c5oc5ccc6ccccc6c54)cc3)c3ccccc23)cc1. The summed E-state index contributed by atoms with van der Waals surface area (Å²) in [5.74, 6) is 0. The van der Waals surface area contributed by atoms with Crippen LogP contribution in [0, 0.1) is 0 Å². The first-order valence-corrected chi connectivity index (χ1v) is 17.6. The van der Waals surface area contributed by atoms with Crippen LogP contribution in [0.25, 0.3) is 109 Å². The number of rotatable bonds is 3. The standard InChI is InChI=1S/C50H30O/c1-2-13-33(14-3-1)46-39-18-8-10-20-41(39)47(42-21-11-9-19-40(42)46)34-24-22-31(23-25-34)35-26-28-43-44(30-35)37-16-6-7-17-38(37)49-48-36-15-5-4-12-32(36)27-29-45(48)51-50(43)49/h1-30H. The van der Waals surface area contributed by atoms with Crippen molar-refractivity contribution in [3.05, 3.63) is 182 Å². The monoisotopic (exact) mass is 646 g/mol. The summed E-state index contributed by atoms with van der Waals surface area (Å²) < 4.78 is 6.70. The molecule has 1 aromatic heterocycles. The summed E-state index contributed by atoms with van der Waals surface area (Å²) in [5, 5.41) is 14.7. The van der Waals surface area contributed by atoms with E-state index in [9.17, 15) is 0 Å². The van der Waals surface area contributed by atoms with E-state index in [4.69, 9.17) is 4.42 Å². The predicted molar refractivity (Wildman–Crippen MR) is 218 cm³/mol. The van der Waals surface area contributed by atoms with Crippen molar-refractivity contribution in [2.75, 3.05) is 0 Å². The van der Waals surface area contributed by atoms with Gasteiger partial charge in [0.05, 0.1) is 0 Å². The Hall–Kier alpha value is -6.70. The van der Waals surface area contributed by atoms with Gasteiger partial charge in [-0.1, -0.05) is 164 Å². The van der Waals surface area contributed by atoms with Crippen LogP contribution in [0.1, 0.15) is 0 Å². The minimum absolute atomic E-state index is 0.929. The zero-order chi connectivity index (χ0) is 33.5. The molecule has 1 heterocycles. The van der Waals surface area contributed by atoms with Gasteiger partial charge < -0.3 is 4.42 Å². The third-order valence-corrected chi connectivity index (χ3v) is 10.8. The maximum atomic E-state index is 6.70. The second-order valence-electron chi connectivity index (χ2n) is 13.6. The van der Waals surface area contributed by atoms with E-state index in [0.29, 0.717) is 0 Å². The minimum atomic E-state index is 0.929. The molecular formula is C50H30O. The molecule has 0 fully saturated rings. The van der Waals surface area contributed by atoms with E-state index >= 15 is 0 Å².